The van der Waals surface area contributed by atoms with Gasteiger partial charge in [0.05, 0.1) is 5.56 Å². The molecule has 0 spiro atoms. The molecule has 38 heavy (non-hydrogen) atoms. The zero-order valence-corrected chi connectivity index (χ0v) is 21.9. The van der Waals surface area contributed by atoms with Crippen LogP contribution in [0.3, 0.4) is 0 Å². The summed E-state index contributed by atoms with van der Waals surface area (Å²) < 4.78 is 64.7. The average Bonchev–Trinajstić information content (AvgIpc) is 2.92. The Morgan fingerprint density at radius 1 is 0.816 bits per heavy atom. The summed E-state index contributed by atoms with van der Waals surface area (Å²) in [4.78, 5) is 0. The van der Waals surface area contributed by atoms with Crippen LogP contribution < -0.4 is 9.47 Å². The summed E-state index contributed by atoms with van der Waals surface area (Å²) in [7, 11) is 0. The summed E-state index contributed by atoms with van der Waals surface area (Å²) in [5.74, 6) is 1.60. The van der Waals surface area contributed by atoms with Crippen LogP contribution in [0, 0.1) is 11.8 Å². The lowest BCUT2D eigenvalue weighted by Crippen LogP contribution is -2.22. The first-order valence-electron chi connectivity index (χ1n) is 13.6. The van der Waals surface area contributed by atoms with Crippen LogP contribution in [0.25, 0.3) is 11.1 Å². The van der Waals surface area contributed by atoms with E-state index in [0.29, 0.717) is 11.1 Å². The molecule has 0 radical (unpaired) electrons. The van der Waals surface area contributed by atoms with Crippen molar-refractivity contribution in [1.29, 1.82) is 0 Å². The van der Waals surface area contributed by atoms with Gasteiger partial charge in [0, 0.05) is 5.56 Å². The molecule has 0 heterocycles. The van der Waals surface area contributed by atoms with E-state index in [4.69, 9.17) is 4.74 Å². The van der Waals surface area contributed by atoms with E-state index in [1.54, 1.807) is 30.3 Å². The molecule has 0 aliphatic heterocycles. The third-order valence-electron chi connectivity index (χ3n) is 7.58. The molecule has 3 aromatic carbocycles. The largest absolute Gasteiger partial charge is 0.435 e. The fourth-order valence-electron chi connectivity index (χ4n) is 5.34. The molecule has 204 valence electrons. The van der Waals surface area contributed by atoms with Gasteiger partial charge in [-0.2, -0.15) is 17.6 Å². The Morgan fingerprint density at radius 3 is 2.08 bits per heavy atom. The van der Waals surface area contributed by atoms with Crippen molar-refractivity contribution >= 4 is 0 Å². The van der Waals surface area contributed by atoms with Gasteiger partial charge in [-0.15, -0.1) is 0 Å². The number of benzene rings is 3. The minimum Gasteiger partial charge on any atom is -0.435 e. The van der Waals surface area contributed by atoms with Crippen LogP contribution in [0.2, 0.25) is 0 Å². The van der Waals surface area contributed by atoms with Gasteiger partial charge in [-0.25, -0.2) is 0 Å². The quantitative estimate of drug-likeness (QED) is 0.218. The fraction of sp³-hybridized carbons (Fsp3) is 0.438. The molecule has 1 aliphatic rings. The van der Waals surface area contributed by atoms with E-state index in [1.807, 2.05) is 0 Å². The van der Waals surface area contributed by atoms with Gasteiger partial charge in [-0.05, 0) is 66.1 Å². The SMILES string of the molecule is CCCC[C@H]1CC[C@H](CCc2ccc(C(F)(F)Oc3ccccc3-c3ccc(OC(F)F)cc3)cc2)CC1. The number of alkyl halides is 4. The maximum absolute atomic E-state index is 15.2. The van der Waals surface area contributed by atoms with Gasteiger partial charge < -0.3 is 9.47 Å². The summed E-state index contributed by atoms with van der Waals surface area (Å²) in [5, 5.41) is 0. The highest BCUT2D eigenvalue weighted by molar-refractivity contribution is 5.71. The summed E-state index contributed by atoms with van der Waals surface area (Å²) in [5.41, 5.74) is 1.82. The number of para-hydroxylation sites is 1. The Labute approximate surface area is 223 Å². The van der Waals surface area contributed by atoms with E-state index in [-0.39, 0.29) is 17.1 Å². The second-order valence-corrected chi connectivity index (χ2v) is 10.3. The Balaban J connectivity index is 1.35. The second kappa shape index (κ2) is 13.2. The summed E-state index contributed by atoms with van der Waals surface area (Å²) >= 11 is 0. The highest BCUT2D eigenvalue weighted by atomic mass is 19.3. The van der Waals surface area contributed by atoms with Crippen molar-refractivity contribution in [3.63, 3.8) is 0 Å². The first-order valence-corrected chi connectivity index (χ1v) is 13.6. The smallest absolute Gasteiger partial charge is 0.426 e. The second-order valence-electron chi connectivity index (χ2n) is 10.3. The van der Waals surface area contributed by atoms with E-state index in [0.717, 1.165) is 30.2 Å². The number of hydrogen-bond donors (Lipinski definition) is 0. The molecule has 1 saturated carbocycles. The molecule has 0 N–H and O–H groups in total. The van der Waals surface area contributed by atoms with Crippen molar-refractivity contribution in [2.24, 2.45) is 11.8 Å². The highest BCUT2D eigenvalue weighted by Crippen LogP contribution is 2.38. The van der Waals surface area contributed by atoms with Crippen LogP contribution in [-0.2, 0) is 12.5 Å². The van der Waals surface area contributed by atoms with Gasteiger partial charge in [-0.1, -0.05) is 94.3 Å². The van der Waals surface area contributed by atoms with Crippen LogP contribution in [-0.4, -0.2) is 6.61 Å². The lowest BCUT2D eigenvalue weighted by molar-refractivity contribution is -0.185. The van der Waals surface area contributed by atoms with Gasteiger partial charge in [-0.3, -0.25) is 0 Å². The number of rotatable bonds is 12. The zero-order valence-electron chi connectivity index (χ0n) is 21.9. The number of halogens is 4. The Morgan fingerprint density at radius 2 is 1.45 bits per heavy atom. The molecule has 0 amide bonds. The van der Waals surface area contributed by atoms with Crippen molar-refractivity contribution in [3.8, 4) is 22.6 Å². The van der Waals surface area contributed by atoms with Crippen molar-refractivity contribution in [1.82, 2.24) is 0 Å². The van der Waals surface area contributed by atoms with Gasteiger partial charge in [0.2, 0.25) is 0 Å². The molecule has 0 aromatic heterocycles. The molecule has 1 fully saturated rings. The van der Waals surface area contributed by atoms with Crippen molar-refractivity contribution in [2.45, 2.75) is 77.4 Å². The number of unbranched alkanes of at least 4 members (excludes halogenated alkanes) is 1. The maximum Gasteiger partial charge on any atom is 0.426 e. The molecular weight excluding hydrogens is 492 g/mol. The van der Waals surface area contributed by atoms with Gasteiger partial charge >= 0.3 is 12.7 Å². The van der Waals surface area contributed by atoms with Crippen LogP contribution in [0.1, 0.15) is 69.4 Å². The van der Waals surface area contributed by atoms with E-state index >= 15 is 8.78 Å². The lowest BCUT2D eigenvalue weighted by atomic mass is 9.78. The monoisotopic (exact) mass is 528 g/mol. The zero-order chi connectivity index (χ0) is 27.0. The molecule has 0 bridgehead atoms. The fourth-order valence-corrected chi connectivity index (χ4v) is 5.34. The van der Waals surface area contributed by atoms with Crippen LogP contribution >= 0.6 is 0 Å². The molecular formula is C32H36F4O2. The Kier molecular flexibility index (Phi) is 9.70. The molecule has 0 saturated heterocycles. The van der Waals surface area contributed by atoms with E-state index < -0.39 is 12.7 Å². The molecule has 0 atom stereocenters. The average molecular weight is 529 g/mol. The minimum absolute atomic E-state index is 0.00126. The van der Waals surface area contributed by atoms with E-state index in [1.165, 1.54) is 87.4 Å². The molecule has 2 nitrogen and oxygen atoms in total. The highest BCUT2D eigenvalue weighted by Gasteiger charge is 2.35. The third kappa shape index (κ3) is 7.75. The standard InChI is InChI=1S/C32H36F4O2/c1-2-3-6-23-9-11-24(12-10-23)13-14-25-15-19-27(20-16-25)32(35,36)38-30-8-5-4-7-29(30)26-17-21-28(22-18-26)37-31(33)34/h4-5,7-8,15-24,31H,2-3,6,9-14H2,1H3/t23-,24-. The van der Waals surface area contributed by atoms with Gasteiger partial charge in [0.25, 0.3) is 0 Å². The van der Waals surface area contributed by atoms with Crippen LogP contribution in [0.15, 0.2) is 72.8 Å². The minimum atomic E-state index is -3.54. The van der Waals surface area contributed by atoms with Gasteiger partial charge in [0.15, 0.2) is 0 Å². The Bertz CT molecular complexity index is 1120. The van der Waals surface area contributed by atoms with Crippen molar-refractivity contribution < 1.29 is 27.0 Å². The first kappa shape index (κ1) is 28.0. The third-order valence-corrected chi connectivity index (χ3v) is 7.58. The first-order chi connectivity index (χ1) is 18.3. The maximum atomic E-state index is 15.2. The molecule has 6 heteroatoms. The number of aryl methyl sites for hydroxylation is 1. The number of ether oxygens (including phenoxy) is 2. The van der Waals surface area contributed by atoms with Crippen LogP contribution in [0.5, 0.6) is 11.5 Å². The lowest BCUT2D eigenvalue weighted by Gasteiger charge is -2.28. The summed E-state index contributed by atoms with van der Waals surface area (Å²) in [6, 6.07) is 18.7. The number of hydrogen-bond acceptors (Lipinski definition) is 2. The topological polar surface area (TPSA) is 18.5 Å². The summed E-state index contributed by atoms with van der Waals surface area (Å²) in [6.07, 6.45) is 7.60. The normalized spacial score (nSPS) is 17.9. The predicted molar refractivity (Wildman–Crippen MR) is 143 cm³/mol. The molecule has 1 aliphatic carbocycles. The predicted octanol–water partition coefficient (Wildman–Crippen LogP) is 10.0. The summed E-state index contributed by atoms with van der Waals surface area (Å²) in [6.45, 7) is -0.687. The molecule has 4 rings (SSSR count). The Hall–Kier alpha value is -3.02. The van der Waals surface area contributed by atoms with Crippen molar-refractivity contribution in [2.75, 3.05) is 0 Å². The van der Waals surface area contributed by atoms with E-state index in [2.05, 4.69) is 11.7 Å². The molecule has 3 aromatic rings. The van der Waals surface area contributed by atoms with Crippen LogP contribution in [0.4, 0.5) is 17.6 Å². The van der Waals surface area contributed by atoms with Gasteiger partial charge in [0.1, 0.15) is 11.5 Å². The van der Waals surface area contributed by atoms with E-state index in [9.17, 15) is 8.78 Å². The van der Waals surface area contributed by atoms with Crippen molar-refractivity contribution in [3.05, 3.63) is 83.9 Å². The molecule has 0 unspecified atom stereocenters.